The fourth-order valence-corrected chi connectivity index (χ4v) is 4.44. The van der Waals surface area contributed by atoms with E-state index < -0.39 is 33.3 Å². The lowest BCUT2D eigenvalue weighted by Gasteiger charge is -2.24. The van der Waals surface area contributed by atoms with E-state index >= 15 is 0 Å². The number of rotatable bonds is 6. The highest BCUT2D eigenvalue weighted by atomic mass is 32.2. The van der Waals surface area contributed by atoms with Gasteiger partial charge in [0, 0.05) is 19.1 Å². The van der Waals surface area contributed by atoms with E-state index in [4.69, 9.17) is 0 Å². The number of amides is 2. The Morgan fingerprint density at radius 2 is 1.96 bits per heavy atom. The number of carbonyl (C=O) groups is 2. The molecule has 1 aromatic rings. The summed E-state index contributed by atoms with van der Waals surface area (Å²) in [6.45, 7) is 3.88. The molecule has 0 saturated carbocycles. The minimum absolute atomic E-state index is 0.121. The van der Waals surface area contributed by atoms with Gasteiger partial charge in [0.2, 0.25) is 0 Å². The number of benzene rings is 1. The van der Waals surface area contributed by atoms with Crippen LogP contribution in [0.5, 0.6) is 0 Å². The molecule has 2 rings (SSSR count). The fourth-order valence-electron chi connectivity index (χ4n) is 2.83. The molecule has 0 aromatic heterocycles. The van der Waals surface area contributed by atoms with E-state index in [1.807, 2.05) is 0 Å². The molecule has 2 atom stereocenters. The maximum absolute atomic E-state index is 12.5. The van der Waals surface area contributed by atoms with Crippen LogP contribution in [-0.4, -0.2) is 55.3 Å². The Bertz CT molecular complexity index is 735. The van der Waals surface area contributed by atoms with Gasteiger partial charge in [0.25, 0.3) is 0 Å². The van der Waals surface area contributed by atoms with Crippen molar-refractivity contribution in [1.82, 2.24) is 10.2 Å². The van der Waals surface area contributed by atoms with Crippen LogP contribution in [-0.2, 0) is 14.6 Å². The van der Waals surface area contributed by atoms with E-state index in [0.29, 0.717) is 19.4 Å². The quantitative estimate of drug-likeness (QED) is 0.796. The van der Waals surface area contributed by atoms with Crippen LogP contribution in [0.4, 0.5) is 4.79 Å². The van der Waals surface area contributed by atoms with Crippen molar-refractivity contribution in [3.05, 3.63) is 30.3 Å². The molecule has 2 amide bonds. The largest absolute Gasteiger partial charge is 0.481 e. The smallest absolute Gasteiger partial charge is 0.317 e. The van der Waals surface area contributed by atoms with E-state index in [0.717, 1.165) is 0 Å². The van der Waals surface area contributed by atoms with Gasteiger partial charge < -0.3 is 15.3 Å². The van der Waals surface area contributed by atoms with Crippen molar-refractivity contribution in [2.24, 2.45) is 5.41 Å². The molecule has 2 N–H and O–H groups in total. The highest BCUT2D eigenvalue weighted by molar-refractivity contribution is 7.91. The van der Waals surface area contributed by atoms with Gasteiger partial charge in [-0.2, -0.15) is 0 Å². The number of carboxylic acid groups (broad SMARTS) is 1. The number of likely N-dealkylation sites (tertiary alicyclic amines) is 1. The number of hydrogen-bond acceptors (Lipinski definition) is 4. The lowest BCUT2D eigenvalue weighted by atomic mass is 9.90. The summed E-state index contributed by atoms with van der Waals surface area (Å²) in [5.41, 5.74) is -0.949. The lowest BCUT2D eigenvalue weighted by Crippen LogP contribution is -2.47. The number of hydrogen-bond donors (Lipinski definition) is 2. The molecule has 0 spiro atoms. The molecule has 0 aliphatic carbocycles. The van der Waals surface area contributed by atoms with Crippen LogP contribution in [0.15, 0.2) is 35.2 Å². The summed E-state index contributed by atoms with van der Waals surface area (Å²) in [4.78, 5) is 25.3. The third-order valence-corrected chi connectivity index (χ3v) is 6.45. The summed E-state index contributed by atoms with van der Waals surface area (Å²) in [6, 6.07) is 7.16. The highest BCUT2D eigenvalue weighted by Gasteiger charge is 2.42. The monoisotopic (exact) mass is 368 g/mol. The maximum Gasteiger partial charge on any atom is 0.317 e. The number of sulfone groups is 1. The molecule has 2 unspecified atom stereocenters. The first-order valence-corrected chi connectivity index (χ1v) is 9.90. The molecule has 0 bridgehead atoms. The fraction of sp³-hybridized carbons (Fsp3) is 0.529. The van der Waals surface area contributed by atoms with Gasteiger partial charge in [-0.25, -0.2) is 13.2 Å². The van der Waals surface area contributed by atoms with E-state index in [-0.39, 0.29) is 17.2 Å². The summed E-state index contributed by atoms with van der Waals surface area (Å²) < 4.78 is 24.9. The van der Waals surface area contributed by atoms with E-state index in [1.54, 1.807) is 32.0 Å². The summed E-state index contributed by atoms with van der Waals surface area (Å²) in [5.74, 6) is -1.12. The summed E-state index contributed by atoms with van der Waals surface area (Å²) >= 11 is 0. The molecule has 1 heterocycles. The Morgan fingerprint density at radius 1 is 1.32 bits per heavy atom. The number of aliphatic carboxylic acids is 1. The zero-order chi connectivity index (χ0) is 18.7. The van der Waals surface area contributed by atoms with E-state index in [2.05, 4.69) is 5.32 Å². The summed E-state index contributed by atoms with van der Waals surface area (Å²) in [6.07, 6.45) is 0.844. The van der Waals surface area contributed by atoms with E-state index in [9.17, 15) is 23.1 Å². The van der Waals surface area contributed by atoms with Gasteiger partial charge in [-0.3, -0.25) is 4.79 Å². The van der Waals surface area contributed by atoms with Crippen LogP contribution in [0.25, 0.3) is 0 Å². The molecule has 0 radical (unpaired) electrons. The Balaban J connectivity index is 2.01. The molecule has 1 aliphatic rings. The second kappa shape index (κ2) is 7.43. The van der Waals surface area contributed by atoms with Crippen molar-refractivity contribution in [2.75, 3.05) is 18.8 Å². The number of urea groups is 1. The van der Waals surface area contributed by atoms with Gasteiger partial charge in [-0.05, 0) is 31.9 Å². The third-order valence-electron chi connectivity index (χ3n) is 4.62. The van der Waals surface area contributed by atoms with Crippen molar-refractivity contribution >= 4 is 21.8 Å². The topological polar surface area (TPSA) is 104 Å². The number of carboxylic acids is 1. The molecule has 7 nitrogen and oxygen atoms in total. The van der Waals surface area contributed by atoms with Crippen LogP contribution < -0.4 is 5.32 Å². The summed E-state index contributed by atoms with van der Waals surface area (Å²) in [7, 11) is -3.50. The first kappa shape index (κ1) is 19.2. The van der Waals surface area contributed by atoms with Crippen LogP contribution in [0.1, 0.15) is 26.7 Å². The van der Waals surface area contributed by atoms with Crippen LogP contribution >= 0.6 is 0 Å². The van der Waals surface area contributed by atoms with Gasteiger partial charge in [-0.1, -0.05) is 25.1 Å². The number of nitrogens with zero attached hydrogens (tertiary/aromatic N) is 1. The predicted octanol–water partition coefficient (Wildman–Crippen LogP) is 1.75. The van der Waals surface area contributed by atoms with Crippen LogP contribution in [0.3, 0.4) is 0 Å². The second-order valence-electron chi connectivity index (χ2n) is 6.69. The molecule has 8 heteroatoms. The highest BCUT2D eigenvalue weighted by Crippen LogP contribution is 2.30. The van der Waals surface area contributed by atoms with Crippen molar-refractivity contribution in [1.29, 1.82) is 0 Å². The minimum atomic E-state index is -3.50. The average Bonchev–Trinajstić information content (AvgIpc) is 2.99. The Morgan fingerprint density at radius 3 is 2.48 bits per heavy atom. The van der Waals surface area contributed by atoms with Gasteiger partial charge in [0.05, 0.1) is 16.1 Å². The van der Waals surface area contributed by atoms with Crippen molar-refractivity contribution < 1.29 is 23.1 Å². The summed E-state index contributed by atoms with van der Waals surface area (Å²) in [5, 5.41) is 12.0. The van der Waals surface area contributed by atoms with Gasteiger partial charge in [0.1, 0.15) is 0 Å². The Kier molecular flexibility index (Phi) is 5.72. The van der Waals surface area contributed by atoms with Gasteiger partial charge in [0.15, 0.2) is 9.84 Å². The molecule has 1 saturated heterocycles. The number of carbonyl (C=O) groups excluding carboxylic acids is 1. The second-order valence-corrected chi connectivity index (χ2v) is 8.72. The SMILES string of the molecule is CCC(CS(=O)(=O)c1ccccc1)NC(=O)N1CCC(C)(C(=O)O)C1. The minimum Gasteiger partial charge on any atom is -0.481 e. The normalized spacial score (nSPS) is 21.8. The van der Waals surface area contributed by atoms with Gasteiger partial charge >= 0.3 is 12.0 Å². The standard InChI is InChI=1S/C17H24N2O5S/c1-3-13(11-25(23,24)14-7-5-4-6-8-14)18-16(22)19-10-9-17(2,12-19)15(20)21/h4-8,13H,3,9-12H2,1-2H3,(H,18,22)(H,20,21). The van der Waals surface area contributed by atoms with Crippen molar-refractivity contribution in [2.45, 2.75) is 37.6 Å². The maximum atomic E-state index is 12.5. The molecule has 1 aliphatic heterocycles. The Hall–Kier alpha value is -2.09. The molecule has 138 valence electrons. The number of nitrogens with one attached hydrogen (secondary N) is 1. The van der Waals surface area contributed by atoms with Crippen molar-refractivity contribution in [3.8, 4) is 0 Å². The average molecular weight is 368 g/mol. The lowest BCUT2D eigenvalue weighted by molar-refractivity contribution is -0.147. The third kappa shape index (κ3) is 4.50. The molecular formula is C17H24N2O5S. The molecule has 1 fully saturated rings. The zero-order valence-electron chi connectivity index (χ0n) is 14.4. The molecule has 25 heavy (non-hydrogen) atoms. The van der Waals surface area contributed by atoms with Crippen LogP contribution in [0, 0.1) is 5.41 Å². The predicted molar refractivity (Wildman–Crippen MR) is 93.0 cm³/mol. The first-order valence-electron chi connectivity index (χ1n) is 8.24. The van der Waals surface area contributed by atoms with Crippen molar-refractivity contribution in [3.63, 3.8) is 0 Å². The molecular weight excluding hydrogens is 344 g/mol. The Labute approximate surface area is 147 Å². The first-order chi connectivity index (χ1) is 11.7. The molecule has 1 aromatic carbocycles. The van der Waals surface area contributed by atoms with Crippen LogP contribution in [0.2, 0.25) is 0 Å². The van der Waals surface area contributed by atoms with E-state index in [1.165, 1.54) is 17.0 Å². The zero-order valence-corrected chi connectivity index (χ0v) is 15.3. The van der Waals surface area contributed by atoms with Gasteiger partial charge in [-0.15, -0.1) is 0 Å².